The van der Waals surface area contributed by atoms with Gasteiger partial charge in [-0.25, -0.2) is 0 Å². The van der Waals surface area contributed by atoms with Gasteiger partial charge in [0.2, 0.25) is 5.65 Å². The second kappa shape index (κ2) is 6.48. The van der Waals surface area contributed by atoms with Crippen LogP contribution in [0.5, 0.6) is 0 Å². The fourth-order valence-electron chi connectivity index (χ4n) is 2.56. The highest BCUT2D eigenvalue weighted by atomic mass is 16.2. The number of benzene rings is 1. The van der Waals surface area contributed by atoms with Gasteiger partial charge in [-0.3, -0.25) is 14.0 Å². The number of hydrogen-bond acceptors (Lipinski definition) is 5. The number of aromatic nitrogens is 4. The molecule has 8 heteroatoms. The van der Waals surface area contributed by atoms with Crippen LogP contribution in [0.15, 0.2) is 41.5 Å². The predicted octanol–water partition coefficient (Wildman–Crippen LogP) is 0.720. The molecule has 1 unspecified atom stereocenters. The lowest BCUT2D eigenvalue weighted by Gasteiger charge is -2.16. The van der Waals surface area contributed by atoms with Gasteiger partial charge in [0.1, 0.15) is 0 Å². The van der Waals surface area contributed by atoms with E-state index in [1.807, 2.05) is 19.1 Å². The van der Waals surface area contributed by atoms with Crippen molar-refractivity contribution in [2.75, 3.05) is 7.05 Å². The zero-order valence-electron chi connectivity index (χ0n) is 14.4. The smallest absolute Gasteiger partial charge is 0.295 e. The Morgan fingerprint density at radius 3 is 2.56 bits per heavy atom. The molecule has 0 radical (unpaired) electrons. The largest absolute Gasteiger partial charge is 0.334 e. The molecule has 1 aromatic carbocycles. The Morgan fingerprint density at radius 1 is 1.24 bits per heavy atom. The summed E-state index contributed by atoms with van der Waals surface area (Å²) in [6, 6.07) is 7.14. The van der Waals surface area contributed by atoms with Gasteiger partial charge in [-0.1, -0.05) is 12.1 Å². The van der Waals surface area contributed by atoms with E-state index in [9.17, 15) is 9.59 Å². The maximum atomic E-state index is 12.6. The average Bonchev–Trinajstić information content (AvgIpc) is 3.01. The number of rotatable bonds is 4. The van der Waals surface area contributed by atoms with Crippen LogP contribution in [0.2, 0.25) is 0 Å². The zero-order valence-corrected chi connectivity index (χ0v) is 14.4. The highest BCUT2D eigenvalue weighted by Gasteiger charge is 2.16. The molecule has 0 spiro atoms. The summed E-state index contributed by atoms with van der Waals surface area (Å²) in [6.45, 7) is 2.13. The zero-order chi connectivity index (χ0) is 18.1. The second-order valence-electron chi connectivity index (χ2n) is 6.10. The lowest BCUT2D eigenvalue weighted by molar-refractivity contribution is 0.0781. The fourth-order valence-corrected chi connectivity index (χ4v) is 2.56. The van der Waals surface area contributed by atoms with Crippen molar-refractivity contribution >= 4 is 11.6 Å². The van der Waals surface area contributed by atoms with Crippen LogP contribution >= 0.6 is 0 Å². The Labute approximate surface area is 144 Å². The molecule has 2 N–H and O–H groups in total. The normalized spacial score (nSPS) is 12.3. The second-order valence-corrected chi connectivity index (χ2v) is 6.10. The number of carbonyl (C=O) groups excluding carboxylic acids is 1. The number of amides is 1. The summed E-state index contributed by atoms with van der Waals surface area (Å²) in [5, 5.41) is 7.96. The van der Waals surface area contributed by atoms with Gasteiger partial charge >= 0.3 is 0 Å². The van der Waals surface area contributed by atoms with E-state index in [1.165, 1.54) is 9.47 Å². The quantitative estimate of drug-likeness (QED) is 0.754. The van der Waals surface area contributed by atoms with Crippen molar-refractivity contribution in [3.8, 4) is 0 Å². The van der Waals surface area contributed by atoms with Crippen molar-refractivity contribution in [2.24, 2.45) is 12.8 Å². The first-order valence-electron chi connectivity index (χ1n) is 7.88. The van der Waals surface area contributed by atoms with E-state index >= 15 is 0 Å². The average molecular weight is 340 g/mol. The van der Waals surface area contributed by atoms with Crippen LogP contribution in [-0.2, 0) is 13.6 Å². The van der Waals surface area contributed by atoms with Crippen molar-refractivity contribution in [1.29, 1.82) is 0 Å². The molecule has 0 bridgehead atoms. The first-order chi connectivity index (χ1) is 11.9. The molecule has 1 atom stereocenters. The van der Waals surface area contributed by atoms with E-state index in [4.69, 9.17) is 5.73 Å². The Morgan fingerprint density at radius 2 is 1.92 bits per heavy atom. The Hall–Kier alpha value is -3.00. The summed E-state index contributed by atoms with van der Waals surface area (Å²) in [5.74, 6) is 0.382. The third-order valence-electron chi connectivity index (χ3n) is 4.13. The summed E-state index contributed by atoms with van der Waals surface area (Å²) in [4.78, 5) is 26.1. The molecule has 8 nitrogen and oxygen atoms in total. The number of nitrogens with two attached hydrogens (primary N) is 1. The van der Waals surface area contributed by atoms with Crippen LogP contribution < -0.4 is 11.3 Å². The van der Waals surface area contributed by atoms with Crippen molar-refractivity contribution in [2.45, 2.75) is 19.5 Å². The third-order valence-corrected chi connectivity index (χ3v) is 4.13. The van der Waals surface area contributed by atoms with E-state index in [1.54, 1.807) is 43.0 Å². The highest BCUT2D eigenvalue weighted by molar-refractivity contribution is 5.94. The molecule has 1 amide bonds. The molecule has 3 rings (SSSR count). The molecule has 2 heterocycles. The standard InChI is InChI=1S/C17H20N6O2/c1-11(18)12-4-6-13(7-5-12)16(24)22(3)10-14-19-20-15-17(25)21(2)8-9-23(14)15/h4-9,11H,10,18H2,1-3H3. The van der Waals surface area contributed by atoms with Gasteiger partial charge in [-0.2, -0.15) is 0 Å². The van der Waals surface area contributed by atoms with Gasteiger partial charge in [0, 0.05) is 38.1 Å². The van der Waals surface area contributed by atoms with E-state index in [2.05, 4.69) is 10.2 Å². The molecule has 0 aliphatic heterocycles. The van der Waals surface area contributed by atoms with Crippen LogP contribution in [0.3, 0.4) is 0 Å². The lowest BCUT2D eigenvalue weighted by atomic mass is 10.1. The number of aryl methyl sites for hydroxylation is 1. The predicted molar refractivity (Wildman–Crippen MR) is 93.1 cm³/mol. The maximum absolute atomic E-state index is 12.6. The monoisotopic (exact) mass is 340 g/mol. The van der Waals surface area contributed by atoms with E-state index < -0.39 is 0 Å². The van der Waals surface area contributed by atoms with Crippen molar-refractivity contribution in [3.05, 3.63) is 64.0 Å². The van der Waals surface area contributed by atoms with Crippen molar-refractivity contribution < 1.29 is 4.79 Å². The summed E-state index contributed by atoms with van der Waals surface area (Å²) in [7, 11) is 3.34. The molecular weight excluding hydrogens is 320 g/mol. The summed E-state index contributed by atoms with van der Waals surface area (Å²) in [5.41, 5.74) is 7.37. The van der Waals surface area contributed by atoms with Crippen LogP contribution in [0.1, 0.15) is 34.7 Å². The number of carbonyl (C=O) groups is 1. The van der Waals surface area contributed by atoms with E-state index in [0.717, 1.165) is 5.56 Å². The highest BCUT2D eigenvalue weighted by Crippen LogP contribution is 2.13. The molecule has 130 valence electrons. The Balaban J connectivity index is 1.82. The summed E-state index contributed by atoms with van der Waals surface area (Å²) < 4.78 is 3.04. The minimum Gasteiger partial charge on any atom is -0.334 e. The SMILES string of the molecule is CC(N)c1ccc(C(=O)N(C)Cc2nnc3c(=O)n(C)ccn23)cc1. The molecule has 0 aliphatic carbocycles. The maximum Gasteiger partial charge on any atom is 0.295 e. The minimum atomic E-state index is -0.235. The van der Waals surface area contributed by atoms with Gasteiger partial charge in [0.05, 0.1) is 6.54 Å². The number of fused-ring (bicyclic) bond motifs is 1. The van der Waals surface area contributed by atoms with E-state index in [-0.39, 0.29) is 29.7 Å². The Kier molecular flexibility index (Phi) is 4.37. The molecular formula is C17H20N6O2. The first-order valence-corrected chi connectivity index (χ1v) is 7.88. The fraction of sp³-hybridized carbons (Fsp3) is 0.294. The van der Waals surface area contributed by atoms with E-state index in [0.29, 0.717) is 11.4 Å². The van der Waals surface area contributed by atoms with Crippen molar-refractivity contribution in [3.63, 3.8) is 0 Å². The van der Waals surface area contributed by atoms with Crippen molar-refractivity contribution in [1.82, 2.24) is 24.1 Å². The number of hydrogen-bond donors (Lipinski definition) is 1. The lowest BCUT2D eigenvalue weighted by Crippen LogP contribution is -2.27. The molecule has 0 saturated carbocycles. The van der Waals surface area contributed by atoms with Crippen LogP contribution in [0, 0.1) is 0 Å². The minimum absolute atomic E-state index is 0.0770. The molecule has 0 fully saturated rings. The van der Waals surface area contributed by atoms with Gasteiger partial charge in [0.15, 0.2) is 5.82 Å². The summed E-state index contributed by atoms with van der Waals surface area (Å²) >= 11 is 0. The molecule has 2 aromatic heterocycles. The molecule has 0 aliphatic rings. The first kappa shape index (κ1) is 16.8. The topological polar surface area (TPSA) is 98.5 Å². The molecule has 25 heavy (non-hydrogen) atoms. The van der Waals surface area contributed by atoms with Gasteiger partial charge in [0.25, 0.3) is 11.5 Å². The van der Waals surface area contributed by atoms with Crippen LogP contribution in [-0.4, -0.2) is 37.0 Å². The van der Waals surface area contributed by atoms with Gasteiger partial charge in [-0.05, 0) is 24.6 Å². The molecule has 0 saturated heterocycles. The Bertz CT molecular complexity index is 971. The van der Waals surface area contributed by atoms with Gasteiger partial charge in [-0.15, -0.1) is 10.2 Å². The summed E-state index contributed by atoms with van der Waals surface area (Å²) in [6.07, 6.45) is 3.35. The van der Waals surface area contributed by atoms with Gasteiger partial charge < -0.3 is 15.2 Å². The molecule has 3 aromatic rings. The van der Waals surface area contributed by atoms with Crippen LogP contribution in [0.4, 0.5) is 0 Å². The number of nitrogens with zero attached hydrogens (tertiary/aromatic N) is 5. The third kappa shape index (κ3) is 3.16. The van der Waals surface area contributed by atoms with Crippen LogP contribution in [0.25, 0.3) is 5.65 Å².